The van der Waals surface area contributed by atoms with E-state index in [2.05, 4.69) is 5.32 Å². The molecule has 6 nitrogen and oxygen atoms in total. The summed E-state index contributed by atoms with van der Waals surface area (Å²) in [4.78, 5) is 21.3. The molecule has 0 aliphatic rings. The summed E-state index contributed by atoms with van der Waals surface area (Å²) in [6, 6.07) is -0.926. The van der Waals surface area contributed by atoms with Crippen molar-refractivity contribution in [2.75, 3.05) is 6.54 Å². The Bertz CT molecular complexity index is 218. The summed E-state index contributed by atoms with van der Waals surface area (Å²) in [6.45, 7) is 1.82. The van der Waals surface area contributed by atoms with Crippen LogP contribution in [0.2, 0.25) is 0 Å². The first-order chi connectivity index (χ1) is 6.95. The zero-order valence-corrected chi connectivity index (χ0v) is 8.77. The fraction of sp³-hybridized carbons (Fsp3) is 0.778. The molecule has 0 aromatic carbocycles. The molecule has 0 aromatic rings. The molecule has 15 heavy (non-hydrogen) atoms. The van der Waals surface area contributed by atoms with Gasteiger partial charge in [0.25, 0.3) is 0 Å². The predicted molar refractivity (Wildman–Crippen MR) is 54.2 cm³/mol. The van der Waals surface area contributed by atoms with Crippen molar-refractivity contribution in [1.82, 2.24) is 5.32 Å². The third-order valence-electron chi connectivity index (χ3n) is 1.94. The summed E-state index contributed by atoms with van der Waals surface area (Å²) in [6.07, 6.45) is 0.312. The summed E-state index contributed by atoms with van der Waals surface area (Å²) < 4.78 is 0. The van der Waals surface area contributed by atoms with Crippen LogP contribution in [0.5, 0.6) is 0 Å². The van der Waals surface area contributed by atoms with Crippen LogP contribution in [0.15, 0.2) is 0 Å². The fourth-order valence-corrected chi connectivity index (χ4v) is 0.950. The first-order valence-electron chi connectivity index (χ1n) is 4.88. The number of nitrogens with two attached hydrogens (primary N) is 1. The van der Waals surface area contributed by atoms with Gasteiger partial charge in [0.05, 0.1) is 6.10 Å². The molecule has 0 aromatic heterocycles. The zero-order chi connectivity index (χ0) is 11.8. The Morgan fingerprint density at radius 3 is 2.47 bits per heavy atom. The number of carboxylic acids is 1. The average molecular weight is 218 g/mol. The second-order valence-electron chi connectivity index (χ2n) is 3.41. The van der Waals surface area contributed by atoms with Crippen LogP contribution in [0, 0.1) is 0 Å². The normalized spacial score (nSPS) is 14.3. The van der Waals surface area contributed by atoms with Gasteiger partial charge in [0.1, 0.15) is 6.04 Å². The first-order valence-corrected chi connectivity index (χ1v) is 4.88. The molecule has 0 spiro atoms. The van der Waals surface area contributed by atoms with Gasteiger partial charge in [-0.1, -0.05) is 0 Å². The van der Waals surface area contributed by atoms with E-state index in [1.54, 1.807) is 0 Å². The minimum Gasteiger partial charge on any atom is -0.481 e. The van der Waals surface area contributed by atoms with Crippen molar-refractivity contribution >= 4 is 11.9 Å². The highest BCUT2D eigenvalue weighted by atomic mass is 16.4. The molecule has 0 radical (unpaired) electrons. The lowest BCUT2D eigenvalue weighted by Gasteiger charge is -2.14. The van der Waals surface area contributed by atoms with E-state index in [1.165, 1.54) is 6.92 Å². The maximum absolute atomic E-state index is 11.2. The van der Waals surface area contributed by atoms with Crippen molar-refractivity contribution in [3.8, 4) is 0 Å². The highest BCUT2D eigenvalue weighted by molar-refractivity contribution is 5.81. The predicted octanol–water partition coefficient (Wildman–Crippen LogP) is -0.934. The monoisotopic (exact) mass is 218 g/mol. The summed E-state index contributed by atoms with van der Waals surface area (Å²) >= 11 is 0. The highest BCUT2D eigenvalue weighted by Gasteiger charge is 2.17. The van der Waals surface area contributed by atoms with Crippen LogP contribution < -0.4 is 11.1 Å². The quantitative estimate of drug-likeness (QED) is 0.412. The van der Waals surface area contributed by atoms with Crippen molar-refractivity contribution in [3.05, 3.63) is 0 Å². The first kappa shape index (κ1) is 13.9. The molecule has 0 heterocycles. The number of amides is 1. The van der Waals surface area contributed by atoms with E-state index in [0.717, 1.165) is 0 Å². The van der Waals surface area contributed by atoms with Crippen molar-refractivity contribution in [2.24, 2.45) is 5.73 Å². The van der Waals surface area contributed by atoms with Crippen molar-refractivity contribution in [2.45, 2.75) is 38.3 Å². The molecule has 5 N–H and O–H groups in total. The molecule has 2 atom stereocenters. The average Bonchev–Trinajstić information content (AvgIpc) is 2.15. The van der Waals surface area contributed by atoms with Gasteiger partial charge in [-0.25, -0.2) is 0 Å². The van der Waals surface area contributed by atoms with Crippen LogP contribution in [0.1, 0.15) is 26.2 Å². The van der Waals surface area contributed by atoms with Gasteiger partial charge in [0.15, 0.2) is 0 Å². The number of unbranched alkanes of at least 4 members (excludes halogenated alkanes) is 1. The van der Waals surface area contributed by atoms with E-state index in [9.17, 15) is 9.59 Å². The van der Waals surface area contributed by atoms with Gasteiger partial charge < -0.3 is 21.3 Å². The number of nitrogens with one attached hydrogen (secondary N) is 1. The number of carboxylic acid groups (broad SMARTS) is 1. The lowest BCUT2D eigenvalue weighted by molar-refractivity contribution is -0.137. The van der Waals surface area contributed by atoms with Crippen molar-refractivity contribution < 1.29 is 19.8 Å². The summed E-state index contributed by atoms with van der Waals surface area (Å²) in [7, 11) is 0. The van der Waals surface area contributed by atoms with Crippen LogP contribution in [-0.2, 0) is 9.59 Å². The molecule has 0 fully saturated rings. The van der Waals surface area contributed by atoms with Gasteiger partial charge in [-0.3, -0.25) is 9.59 Å². The standard InChI is InChI=1S/C9H18N2O4/c1-6(12)8(10)9(15)11-5-3-2-4-7(13)14/h6,8,12H,2-5,10H2,1H3,(H,11,15)(H,13,14)/t6-,8+/m1/s1. The third kappa shape index (κ3) is 6.87. The lowest BCUT2D eigenvalue weighted by atomic mass is 10.2. The Labute approximate surface area is 88.5 Å². The summed E-state index contributed by atoms with van der Waals surface area (Å²) in [5.41, 5.74) is 5.37. The molecule has 6 heteroatoms. The maximum atomic E-state index is 11.2. The number of aliphatic hydroxyl groups excluding tert-OH is 1. The smallest absolute Gasteiger partial charge is 0.303 e. The molecule has 0 aliphatic heterocycles. The Morgan fingerprint density at radius 1 is 1.40 bits per heavy atom. The molecule has 1 amide bonds. The number of aliphatic carboxylic acids is 1. The molecule has 0 unspecified atom stereocenters. The van der Waals surface area contributed by atoms with Gasteiger partial charge in [0, 0.05) is 13.0 Å². The van der Waals surface area contributed by atoms with Crippen LogP contribution >= 0.6 is 0 Å². The third-order valence-corrected chi connectivity index (χ3v) is 1.94. The zero-order valence-electron chi connectivity index (χ0n) is 8.77. The Balaban J connectivity index is 3.51. The molecule has 0 rings (SSSR count). The van der Waals surface area contributed by atoms with E-state index in [-0.39, 0.29) is 6.42 Å². The Morgan fingerprint density at radius 2 is 2.00 bits per heavy atom. The summed E-state index contributed by atoms with van der Waals surface area (Å²) in [5.74, 6) is -1.26. The van der Waals surface area contributed by atoms with E-state index in [0.29, 0.717) is 19.4 Å². The Hall–Kier alpha value is -1.14. The second kappa shape index (κ2) is 7.19. The Kier molecular flexibility index (Phi) is 6.64. The molecular weight excluding hydrogens is 200 g/mol. The van der Waals surface area contributed by atoms with E-state index in [4.69, 9.17) is 15.9 Å². The van der Waals surface area contributed by atoms with Gasteiger partial charge in [0.2, 0.25) is 5.91 Å². The van der Waals surface area contributed by atoms with Gasteiger partial charge in [-0.15, -0.1) is 0 Å². The van der Waals surface area contributed by atoms with Crippen LogP contribution in [0.25, 0.3) is 0 Å². The van der Waals surface area contributed by atoms with E-state index in [1.807, 2.05) is 0 Å². The number of hydrogen-bond acceptors (Lipinski definition) is 4. The molecule has 0 saturated heterocycles. The van der Waals surface area contributed by atoms with Gasteiger partial charge in [-0.2, -0.15) is 0 Å². The largest absolute Gasteiger partial charge is 0.481 e. The number of rotatable bonds is 7. The number of carbonyl (C=O) groups is 2. The second-order valence-corrected chi connectivity index (χ2v) is 3.41. The summed E-state index contributed by atoms with van der Waals surface area (Å²) in [5, 5.41) is 19.9. The number of aliphatic hydroxyl groups is 1. The number of carbonyl (C=O) groups excluding carboxylic acids is 1. The molecular formula is C9H18N2O4. The minimum absolute atomic E-state index is 0.0956. The van der Waals surface area contributed by atoms with Gasteiger partial charge >= 0.3 is 5.97 Å². The van der Waals surface area contributed by atoms with E-state index < -0.39 is 24.0 Å². The lowest BCUT2D eigenvalue weighted by Crippen LogP contribution is -2.47. The van der Waals surface area contributed by atoms with Gasteiger partial charge in [-0.05, 0) is 19.8 Å². The molecule has 0 saturated carbocycles. The van der Waals surface area contributed by atoms with Crippen LogP contribution in [-0.4, -0.2) is 40.8 Å². The SMILES string of the molecule is C[C@@H](O)[C@H](N)C(=O)NCCCCC(=O)O. The molecule has 88 valence electrons. The highest BCUT2D eigenvalue weighted by Crippen LogP contribution is 1.94. The van der Waals surface area contributed by atoms with E-state index >= 15 is 0 Å². The fourth-order valence-electron chi connectivity index (χ4n) is 0.950. The topological polar surface area (TPSA) is 113 Å². The minimum atomic E-state index is -0.926. The van der Waals surface area contributed by atoms with Crippen LogP contribution in [0.4, 0.5) is 0 Å². The number of hydrogen-bond donors (Lipinski definition) is 4. The van der Waals surface area contributed by atoms with Crippen LogP contribution in [0.3, 0.4) is 0 Å². The van der Waals surface area contributed by atoms with Crippen molar-refractivity contribution in [1.29, 1.82) is 0 Å². The van der Waals surface area contributed by atoms with Crippen molar-refractivity contribution in [3.63, 3.8) is 0 Å². The maximum Gasteiger partial charge on any atom is 0.303 e. The molecule has 0 bridgehead atoms. The molecule has 0 aliphatic carbocycles.